The molecular weight excluding hydrogens is 256 g/mol. The van der Waals surface area contributed by atoms with Crippen LogP contribution >= 0.6 is 0 Å². The van der Waals surface area contributed by atoms with Gasteiger partial charge in [-0.1, -0.05) is 0 Å². The largest absolute Gasteiger partial charge is 0.393 e. The van der Waals surface area contributed by atoms with E-state index in [1.165, 1.54) is 6.33 Å². The molecule has 106 valence electrons. The number of nitrogens with one attached hydrogen (secondary N) is 1. The van der Waals surface area contributed by atoms with Crippen LogP contribution in [0.4, 0.5) is 11.5 Å². The van der Waals surface area contributed by atoms with Gasteiger partial charge in [0.2, 0.25) is 0 Å². The molecule has 0 radical (unpaired) electrons. The number of anilines is 2. The third-order valence-corrected chi connectivity index (χ3v) is 3.38. The highest BCUT2D eigenvalue weighted by Gasteiger charge is 2.16. The molecule has 3 rings (SSSR count). The van der Waals surface area contributed by atoms with E-state index < -0.39 is 0 Å². The third-order valence-electron chi connectivity index (χ3n) is 3.38. The average Bonchev–Trinajstić information content (AvgIpc) is 2.97. The van der Waals surface area contributed by atoms with Crippen molar-refractivity contribution in [2.45, 2.75) is 0 Å². The number of piperazine rings is 1. The van der Waals surface area contributed by atoms with E-state index in [2.05, 4.69) is 37.3 Å². The first-order chi connectivity index (χ1) is 9.74. The van der Waals surface area contributed by atoms with Gasteiger partial charge in [0.05, 0.1) is 0 Å². The molecule has 8 heteroatoms. The number of hydrazine groups is 1. The van der Waals surface area contributed by atoms with E-state index in [0.717, 1.165) is 26.2 Å². The zero-order valence-electron chi connectivity index (χ0n) is 11.4. The molecule has 3 heterocycles. The molecule has 1 fully saturated rings. The van der Waals surface area contributed by atoms with Crippen molar-refractivity contribution in [2.75, 3.05) is 44.4 Å². The quantitative estimate of drug-likeness (QED) is 0.802. The van der Waals surface area contributed by atoms with Crippen LogP contribution in [0.5, 0.6) is 0 Å². The highest BCUT2D eigenvalue weighted by Crippen LogP contribution is 2.21. The molecule has 2 aromatic rings. The Balaban J connectivity index is 1.79. The summed E-state index contributed by atoms with van der Waals surface area (Å²) in [5.74, 6) is 1.27. The number of hydrogen-bond donors (Lipinski definition) is 2. The van der Waals surface area contributed by atoms with Gasteiger partial charge in [-0.2, -0.15) is 0 Å². The molecular formula is C12H18N8. The summed E-state index contributed by atoms with van der Waals surface area (Å²) >= 11 is 0. The zero-order valence-corrected chi connectivity index (χ0v) is 11.4. The van der Waals surface area contributed by atoms with Crippen molar-refractivity contribution in [3.8, 4) is 5.82 Å². The van der Waals surface area contributed by atoms with Gasteiger partial charge in [0.1, 0.15) is 18.3 Å². The maximum absolute atomic E-state index is 6.15. The standard InChI is InChI=1S/C12H18N8/c1-18-4-6-20(7-5-18)17-11-10(13)12(16-8-15-11)19-3-2-14-9-19/h2-3,8-9H,4-7,13H2,1H3,(H,15,16,17). The van der Waals surface area contributed by atoms with Gasteiger partial charge < -0.3 is 16.1 Å². The minimum absolute atomic E-state index is 0.518. The van der Waals surface area contributed by atoms with E-state index >= 15 is 0 Å². The van der Waals surface area contributed by atoms with E-state index in [0.29, 0.717) is 17.3 Å². The predicted octanol–water partition coefficient (Wildman–Crippen LogP) is -0.181. The SMILES string of the molecule is CN1CCN(Nc2ncnc(-n3ccnc3)c2N)CC1. The van der Waals surface area contributed by atoms with E-state index in [1.807, 2.05) is 0 Å². The van der Waals surface area contributed by atoms with Gasteiger partial charge in [-0.15, -0.1) is 0 Å². The Labute approximate surface area is 117 Å². The topological polar surface area (TPSA) is 88.1 Å². The summed E-state index contributed by atoms with van der Waals surface area (Å²) in [5, 5.41) is 2.12. The Kier molecular flexibility index (Phi) is 3.48. The normalized spacial score (nSPS) is 17.2. The fourth-order valence-electron chi connectivity index (χ4n) is 2.13. The minimum Gasteiger partial charge on any atom is -0.393 e. The van der Waals surface area contributed by atoms with Crippen LogP contribution in [0.3, 0.4) is 0 Å². The van der Waals surface area contributed by atoms with Crippen molar-refractivity contribution in [1.29, 1.82) is 0 Å². The summed E-state index contributed by atoms with van der Waals surface area (Å²) in [7, 11) is 2.12. The summed E-state index contributed by atoms with van der Waals surface area (Å²) in [6.45, 7) is 3.90. The van der Waals surface area contributed by atoms with Crippen LogP contribution in [0.15, 0.2) is 25.0 Å². The maximum Gasteiger partial charge on any atom is 0.169 e. The van der Waals surface area contributed by atoms with Crippen LogP contribution in [0, 0.1) is 0 Å². The molecule has 20 heavy (non-hydrogen) atoms. The lowest BCUT2D eigenvalue weighted by molar-refractivity contribution is 0.178. The number of imidazole rings is 1. The first-order valence-corrected chi connectivity index (χ1v) is 6.53. The summed E-state index contributed by atoms with van der Waals surface area (Å²) in [6.07, 6.45) is 6.66. The molecule has 2 aromatic heterocycles. The third kappa shape index (κ3) is 2.56. The van der Waals surface area contributed by atoms with Crippen LogP contribution in [0.2, 0.25) is 0 Å². The van der Waals surface area contributed by atoms with Gasteiger partial charge in [-0.25, -0.2) is 20.0 Å². The smallest absolute Gasteiger partial charge is 0.169 e. The average molecular weight is 274 g/mol. The Bertz CT molecular complexity index is 559. The molecule has 1 aliphatic rings. The number of nitrogens with two attached hydrogens (primary N) is 1. The number of aromatic nitrogens is 4. The molecule has 0 spiro atoms. The first-order valence-electron chi connectivity index (χ1n) is 6.53. The second-order valence-corrected chi connectivity index (χ2v) is 4.83. The van der Waals surface area contributed by atoms with Crippen molar-refractivity contribution in [3.05, 3.63) is 25.0 Å². The molecule has 0 atom stereocenters. The van der Waals surface area contributed by atoms with Crippen molar-refractivity contribution in [3.63, 3.8) is 0 Å². The Morgan fingerprint density at radius 1 is 1.20 bits per heavy atom. The molecule has 1 aliphatic heterocycles. The molecule has 0 aliphatic carbocycles. The van der Waals surface area contributed by atoms with Gasteiger partial charge in [0.25, 0.3) is 0 Å². The predicted molar refractivity (Wildman–Crippen MR) is 76.3 cm³/mol. The van der Waals surface area contributed by atoms with Gasteiger partial charge in [0.15, 0.2) is 11.6 Å². The lowest BCUT2D eigenvalue weighted by atomic mass is 10.4. The molecule has 0 unspecified atom stereocenters. The Morgan fingerprint density at radius 3 is 2.70 bits per heavy atom. The van der Waals surface area contributed by atoms with Gasteiger partial charge >= 0.3 is 0 Å². The van der Waals surface area contributed by atoms with Crippen LogP contribution in [-0.2, 0) is 0 Å². The van der Waals surface area contributed by atoms with Crippen LogP contribution in [0.1, 0.15) is 0 Å². The van der Waals surface area contributed by atoms with E-state index in [1.54, 1.807) is 23.3 Å². The van der Waals surface area contributed by atoms with Crippen molar-refractivity contribution in [2.24, 2.45) is 0 Å². The van der Waals surface area contributed by atoms with Gasteiger partial charge in [-0.05, 0) is 7.05 Å². The molecule has 0 amide bonds. The summed E-state index contributed by atoms with van der Waals surface area (Å²) in [6, 6.07) is 0. The van der Waals surface area contributed by atoms with E-state index in [-0.39, 0.29) is 0 Å². The Morgan fingerprint density at radius 2 is 2.00 bits per heavy atom. The van der Waals surface area contributed by atoms with Crippen LogP contribution in [-0.4, -0.2) is 62.7 Å². The van der Waals surface area contributed by atoms with E-state index in [4.69, 9.17) is 5.73 Å². The highest BCUT2D eigenvalue weighted by atomic mass is 15.5. The summed E-state index contributed by atoms with van der Waals surface area (Å²) in [4.78, 5) is 14.7. The van der Waals surface area contributed by atoms with Crippen molar-refractivity contribution in [1.82, 2.24) is 29.4 Å². The molecule has 8 nitrogen and oxygen atoms in total. The minimum atomic E-state index is 0.518. The van der Waals surface area contributed by atoms with Gasteiger partial charge in [-0.3, -0.25) is 4.57 Å². The summed E-state index contributed by atoms with van der Waals surface area (Å²) < 4.78 is 1.77. The number of nitrogens with zero attached hydrogens (tertiary/aromatic N) is 6. The maximum atomic E-state index is 6.15. The van der Waals surface area contributed by atoms with Gasteiger partial charge in [0, 0.05) is 38.6 Å². The zero-order chi connectivity index (χ0) is 13.9. The number of likely N-dealkylation sites (N-methyl/N-ethyl adjacent to an activating group) is 1. The van der Waals surface area contributed by atoms with Crippen molar-refractivity contribution < 1.29 is 0 Å². The molecule has 1 saturated heterocycles. The summed E-state index contributed by atoms with van der Waals surface area (Å²) in [5.41, 5.74) is 9.93. The molecule has 0 aromatic carbocycles. The fraction of sp³-hybridized carbons (Fsp3) is 0.417. The first kappa shape index (κ1) is 12.8. The Hall–Kier alpha value is -2.19. The molecule has 0 saturated carbocycles. The lowest BCUT2D eigenvalue weighted by Crippen LogP contribution is -2.47. The lowest BCUT2D eigenvalue weighted by Gasteiger charge is -2.32. The molecule has 0 bridgehead atoms. The second kappa shape index (κ2) is 5.43. The van der Waals surface area contributed by atoms with Crippen LogP contribution < -0.4 is 11.2 Å². The van der Waals surface area contributed by atoms with E-state index in [9.17, 15) is 0 Å². The number of hydrogen-bond acceptors (Lipinski definition) is 7. The second-order valence-electron chi connectivity index (χ2n) is 4.83. The monoisotopic (exact) mass is 274 g/mol. The number of rotatable bonds is 3. The van der Waals surface area contributed by atoms with Crippen molar-refractivity contribution >= 4 is 11.5 Å². The fourth-order valence-corrected chi connectivity index (χ4v) is 2.13. The highest BCUT2D eigenvalue weighted by molar-refractivity contribution is 5.68. The van der Waals surface area contributed by atoms with Crippen LogP contribution in [0.25, 0.3) is 5.82 Å². The number of nitrogen functional groups attached to an aromatic ring is 1. The molecule has 3 N–H and O–H groups in total.